The second-order valence-electron chi connectivity index (χ2n) is 9.05. The maximum atomic E-state index is 12.9. The summed E-state index contributed by atoms with van der Waals surface area (Å²) in [6.07, 6.45) is 17.2. The van der Waals surface area contributed by atoms with Crippen molar-refractivity contribution in [2.75, 3.05) is 13.6 Å². The molecule has 0 heterocycles. The molecule has 0 saturated carbocycles. The minimum absolute atomic E-state index is 0.150. The zero-order chi connectivity index (χ0) is 22.9. The van der Waals surface area contributed by atoms with Gasteiger partial charge < -0.3 is 10.6 Å². The Kier molecular flexibility index (Phi) is 15.7. The number of likely N-dealkylation sites (N-methyl/N-ethyl adjacent to an activating group) is 1. The van der Waals surface area contributed by atoms with Crippen molar-refractivity contribution in [3.05, 3.63) is 25.3 Å². The molecule has 2 unspecified atom stereocenters. The summed E-state index contributed by atoms with van der Waals surface area (Å²) in [6, 6.07) is 0. The summed E-state index contributed by atoms with van der Waals surface area (Å²) in [5.74, 6) is 0.371. The van der Waals surface area contributed by atoms with E-state index < -0.39 is 11.1 Å². The number of allylic oxidation sites excluding steroid dienone is 2. The molecular formula is C26H48N2O2. The van der Waals surface area contributed by atoms with Gasteiger partial charge in [0, 0.05) is 13.0 Å². The predicted molar refractivity (Wildman–Crippen MR) is 130 cm³/mol. The highest BCUT2D eigenvalue weighted by molar-refractivity contribution is 5.88. The van der Waals surface area contributed by atoms with Crippen LogP contribution in [-0.2, 0) is 9.59 Å². The largest absolute Gasteiger partial charge is 0.308 e. The maximum absolute atomic E-state index is 12.9. The second-order valence-corrected chi connectivity index (χ2v) is 9.05. The van der Waals surface area contributed by atoms with Crippen molar-refractivity contribution in [2.24, 2.45) is 0 Å². The number of carbonyl (C=O) groups excluding carboxylic acids is 2. The first kappa shape index (κ1) is 28.7. The molecule has 0 aromatic rings. The lowest BCUT2D eigenvalue weighted by Gasteiger charge is -2.31. The molecule has 4 nitrogen and oxygen atoms in total. The molecule has 2 atom stereocenters. The molecule has 0 fully saturated rings. The van der Waals surface area contributed by atoms with Crippen molar-refractivity contribution in [3.63, 3.8) is 0 Å². The molecule has 0 aliphatic rings. The van der Waals surface area contributed by atoms with Crippen LogP contribution >= 0.6 is 0 Å². The Morgan fingerprint density at radius 1 is 0.800 bits per heavy atom. The minimum atomic E-state index is -0.542. The van der Waals surface area contributed by atoms with Gasteiger partial charge in [0.2, 0.25) is 0 Å². The van der Waals surface area contributed by atoms with Crippen molar-refractivity contribution in [3.8, 4) is 0 Å². The number of hydrogen-bond donors (Lipinski definition) is 2. The van der Waals surface area contributed by atoms with E-state index in [0.29, 0.717) is 13.0 Å². The molecule has 2 N–H and O–H groups in total. The van der Waals surface area contributed by atoms with Gasteiger partial charge in [0.15, 0.2) is 5.78 Å². The lowest BCUT2D eigenvalue weighted by molar-refractivity contribution is -0.126. The normalized spacial score (nSPS) is 15.2. The van der Waals surface area contributed by atoms with Gasteiger partial charge in [-0.1, -0.05) is 50.7 Å². The molecule has 0 aromatic heterocycles. The standard InChI is InChI=1S/C26H48N2O2/c1-7-9-11-13-15-17-20-25(4,23(3)29)28-22-19-24(30)26(5,27-6)21-18-16-14-12-10-8-2/h7-8,27-28H,1-2,9-22H2,3-6H3. The summed E-state index contributed by atoms with van der Waals surface area (Å²) in [6.45, 7) is 13.7. The Morgan fingerprint density at radius 3 is 1.70 bits per heavy atom. The third-order valence-corrected chi connectivity index (χ3v) is 6.48. The van der Waals surface area contributed by atoms with Gasteiger partial charge in [0.1, 0.15) is 5.78 Å². The SMILES string of the molecule is C=CCCCCCCC(C)(NCCC(=O)C(C)(CCCCCCC=C)NC)C(C)=O. The average molecular weight is 421 g/mol. The van der Waals surface area contributed by atoms with Crippen molar-refractivity contribution >= 4 is 11.6 Å². The fourth-order valence-corrected chi connectivity index (χ4v) is 3.76. The second kappa shape index (κ2) is 16.4. The lowest BCUT2D eigenvalue weighted by atomic mass is 9.87. The van der Waals surface area contributed by atoms with Crippen LogP contribution in [0.15, 0.2) is 25.3 Å². The van der Waals surface area contributed by atoms with E-state index >= 15 is 0 Å². The lowest BCUT2D eigenvalue weighted by Crippen LogP contribution is -2.51. The number of nitrogens with one attached hydrogen (secondary N) is 2. The zero-order valence-corrected chi connectivity index (χ0v) is 20.3. The Labute approximate surface area is 186 Å². The number of rotatable bonds is 21. The first-order valence-electron chi connectivity index (χ1n) is 12.0. The van der Waals surface area contributed by atoms with Gasteiger partial charge in [-0.15, -0.1) is 13.2 Å². The summed E-state index contributed by atoms with van der Waals surface area (Å²) in [5.41, 5.74) is -1.03. The number of unbranched alkanes of at least 4 members (excludes halogenated alkanes) is 8. The van der Waals surface area contributed by atoms with Crippen LogP contribution in [0.1, 0.15) is 104 Å². The predicted octanol–water partition coefficient (Wildman–Crippen LogP) is 5.91. The smallest absolute Gasteiger partial charge is 0.153 e. The van der Waals surface area contributed by atoms with E-state index in [2.05, 4.69) is 23.8 Å². The first-order valence-corrected chi connectivity index (χ1v) is 12.0. The topological polar surface area (TPSA) is 58.2 Å². The Bertz CT molecular complexity index is 517. The van der Waals surface area contributed by atoms with Crippen LogP contribution in [0.4, 0.5) is 0 Å². The molecule has 0 aliphatic carbocycles. The van der Waals surface area contributed by atoms with Crippen LogP contribution in [0.3, 0.4) is 0 Å². The average Bonchev–Trinajstić information content (AvgIpc) is 2.72. The summed E-state index contributed by atoms with van der Waals surface area (Å²) >= 11 is 0. The summed E-state index contributed by atoms with van der Waals surface area (Å²) < 4.78 is 0. The monoisotopic (exact) mass is 420 g/mol. The Hall–Kier alpha value is -1.26. The van der Waals surface area contributed by atoms with Crippen LogP contribution in [0.5, 0.6) is 0 Å². The number of ketones is 2. The molecule has 4 heteroatoms. The van der Waals surface area contributed by atoms with Gasteiger partial charge in [-0.3, -0.25) is 9.59 Å². The highest BCUT2D eigenvalue weighted by Gasteiger charge is 2.32. The van der Waals surface area contributed by atoms with Crippen molar-refractivity contribution in [1.82, 2.24) is 10.6 Å². The molecule has 30 heavy (non-hydrogen) atoms. The van der Waals surface area contributed by atoms with Crippen molar-refractivity contribution in [1.29, 1.82) is 0 Å². The van der Waals surface area contributed by atoms with E-state index in [0.717, 1.165) is 51.4 Å². The third-order valence-electron chi connectivity index (χ3n) is 6.48. The van der Waals surface area contributed by atoms with Crippen LogP contribution in [-0.4, -0.2) is 36.2 Å². The van der Waals surface area contributed by atoms with Gasteiger partial charge in [0.25, 0.3) is 0 Å². The summed E-state index contributed by atoms with van der Waals surface area (Å²) in [5, 5.41) is 6.63. The van der Waals surface area contributed by atoms with Gasteiger partial charge in [-0.25, -0.2) is 0 Å². The third kappa shape index (κ3) is 11.8. The molecular weight excluding hydrogens is 372 g/mol. The van der Waals surface area contributed by atoms with Gasteiger partial charge in [-0.2, -0.15) is 0 Å². The fraction of sp³-hybridized carbons (Fsp3) is 0.769. The molecule has 0 rings (SSSR count). The van der Waals surface area contributed by atoms with Crippen molar-refractivity contribution in [2.45, 2.75) is 115 Å². The van der Waals surface area contributed by atoms with Crippen LogP contribution < -0.4 is 10.6 Å². The Morgan fingerprint density at radius 2 is 1.27 bits per heavy atom. The van der Waals surface area contributed by atoms with E-state index in [9.17, 15) is 9.59 Å². The molecule has 0 radical (unpaired) electrons. The van der Waals surface area contributed by atoms with Gasteiger partial charge >= 0.3 is 0 Å². The molecule has 0 bridgehead atoms. The minimum Gasteiger partial charge on any atom is -0.308 e. The maximum Gasteiger partial charge on any atom is 0.153 e. The van der Waals surface area contributed by atoms with Crippen LogP contribution in [0.25, 0.3) is 0 Å². The van der Waals surface area contributed by atoms with Crippen LogP contribution in [0.2, 0.25) is 0 Å². The summed E-state index contributed by atoms with van der Waals surface area (Å²) in [4.78, 5) is 25.1. The molecule has 174 valence electrons. The van der Waals surface area contributed by atoms with E-state index in [1.807, 2.05) is 33.0 Å². The van der Waals surface area contributed by atoms with Crippen LogP contribution in [0, 0.1) is 0 Å². The van der Waals surface area contributed by atoms with E-state index in [1.54, 1.807) is 6.92 Å². The van der Waals surface area contributed by atoms with E-state index in [4.69, 9.17) is 0 Å². The number of carbonyl (C=O) groups is 2. The molecule has 0 aromatic carbocycles. The first-order chi connectivity index (χ1) is 14.3. The fourth-order valence-electron chi connectivity index (χ4n) is 3.76. The number of Topliss-reactive ketones (excluding diaryl/α,β-unsaturated/α-hetero) is 2. The number of hydrogen-bond acceptors (Lipinski definition) is 4. The molecule has 0 amide bonds. The summed E-state index contributed by atoms with van der Waals surface area (Å²) in [7, 11) is 1.87. The highest BCUT2D eigenvalue weighted by atomic mass is 16.1. The quantitative estimate of drug-likeness (QED) is 0.179. The highest BCUT2D eigenvalue weighted by Crippen LogP contribution is 2.20. The zero-order valence-electron chi connectivity index (χ0n) is 20.3. The molecule has 0 aliphatic heterocycles. The van der Waals surface area contributed by atoms with E-state index in [-0.39, 0.29) is 11.6 Å². The van der Waals surface area contributed by atoms with Gasteiger partial charge in [-0.05, 0) is 66.3 Å². The Balaban J connectivity index is 4.40. The van der Waals surface area contributed by atoms with E-state index in [1.165, 1.54) is 25.7 Å². The van der Waals surface area contributed by atoms with Crippen molar-refractivity contribution < 1.29 is 9.59 Å². The molecule has 0 saturated heterocycles. The molecule has 0 spiro atoms. The van der Waals surface area contributed by atoms with Gasteiger partial charge in [0.05, 0.1) is 11.1 Å².